The normalized spacial score (nSPS) is 22.9. The first-order valence-corrected chi connectivity index (χ1v) is 8.48. The lowest BCUT2D eigenvalue weighted by atomic mass is 9.77. The number of hydrogen-bond acceptors (Lipinski definition) is 6. The third-order valence-electron chi connectivity index (χ3n) is 5.12. The highest BCUT2D eigenvalue weighted by Gasteiger charge is 2.40. The molecule has 2 fully saturated rings. The van der Waals surface area contributed by atoms with Gasteiger partial charge in [0, 0.05) is 31.0 Å². The molecule has 7 nitrogen and oxygen atoms in total. The Morgan fingerprint density at radius 2 is 2.08 bits per heavy atom. The second-order valence-electron chi connectivity index (χ2n) is 6.79. The molecule has 3 heterocycles. The maximum atomic E-state index is 12.6. The summed E-state index contributed by atoms with van der Waals surface area (Å²) in [5, 5.41) is 4.09. The van der Waals surface area contributed by atoms with Crippen LogP contribution in [0.1, 0.15) is 60.1 Å². The van der Waals surface area contributed by atoms with Crippen molar-refractivity contribution in [3.05, 3.63) is 41.8 Å². The number of carbonyl (C=O) groups is 1. The fraction of sp³-hybridized carbons (Fsp3) is 0.529. The van der Waals surface area contributed by atoms with Gasteiger partial charge in [0.25, 0.3) is 5.91 Å². The predicted octanol–water partition coefficient (Wildman–Crippen LogP) is 1.82. The van der Waals surface area contributed by atoms with E-state index in [2.05, 4.69) is 15.1 Å². The van der Waals surface area contributed by atoms with Crippen LogP contribution in [0.4, 0.5) is 0 Å². The van der Waals surface area contributed by atoms with Crippen molar-refractivity contribution in [2.24, 2.45) is 5.73 Å². The van der Waals surface area contributed by atoms with Crippen molar-refractivity contribution < 1.29 is 9.32 Å². The van der Waals surface area contributed by atoms with Crippen LogP contribution >= 0.6 is 0 Å². The number of piperidine rings is 1. The molecule has 0 spiro atoms. The molecule has 2 aliphatic rings. The van der Waals surface area contributed by atoms with Crippen molar-refractivity contribution in [3.63, 3.8) is 0 Å². The Balaban J connectivity index is 1.48. The summed E-state index contributed by atoms with van der Waals surface area (Å²) >= 11 is 0. The van der Waals surface area contributed by atoms with Gasteiger partial charge in [0.1, 0.15) is 0 Å². The summed E-state index contributed by atoms with van der Waals surface area (Å²) in [4.78, 5) is 23.0. The Bertz CT molecular complexity index is 726. The summed E-state index contributed by atoms with van der Waals surface area (Å²) < 4.78 is 5.47. The third kappa shape index (κ3) is 2.69. The molecular weight excluding hydrogens is 306 g/mol. The lowest BCUT2D eigenvalue weighted by Crippen LogP contribution is -2.44. The third-order valence-corrected chi connectivity index (χ3v) is 5.12. The van der Waals surface area contributed by atoms with Gasteiger partial charge in [-0.1, -0.05) is 5.16 Å². The number of likely N-dealkylation sites (tertiary alicyclic amines) is 1. The molecule has 1 amide bonds. The van der Waals surface area contributed by atoms with E-state index in [1.165, 1.54) is 0 Å². The van der Waals surface area contributed by atoms with Crippen molar-refractivity contribution in [1.82, 2.24) is 20.0 Å². The van der Waals surface area contributed by atoms with Crippen LogP contribution in [0.5, 0.6) is 0 Å². The van der Waals surface area contributed by atoms with Gasteiger partial charge in [-0.3, -0.25) is 9.78 Å². The number of hydrogen-bond donors (Lipinski definition) is 1. The molecule has 4 rings (SSSR count). The Labute approximate surface area is 140 Å². The minimum Gasteiger partial charge on any atom is -0.339 e. The maximum absolute atomic E-state index is 12.6. The van der Waals surface area contributed by atoms with E-state index in [9.17, 15) is 4.79 Å². The summed E-state index contributed by atoms with van der Waals surface area (Å²) in [7, 11) is 0. The fourth-order valence-corrected chi connectivity index (χ4v) is 3.42. The van der Waals surface area contributed by atoms with Crippen LogP contribution in [0, 0.1) is 0 Å². The first kappa shape index (κ1) is 15.3. The van der Waals surface area contributed by atoms with Gasteiger partial charge in [-0.15, -0.1) is 0 Å². The van der Waals surface area contributed by atoms with Crippen LogP contribution in [-0.4, -0.2) is 39.0 Å². The van der Waals surface area contributed by atoms with Gasteiger partial charge >= 0.3 is 0 Å². The van der Waals surface area contributed by atoms with Gasteiger partial charge in [-0.2, -0.15) is 4.98 Å². The molecule has 1 saturated carbocycles. The zero-order valence-electron chi connectivity index (χ0n) is 13.5. The summed E-state index contributed by atoms with van der Waals surface area (Å²) in [6.07, 6.45) is 8.06. The number of rotatable bonds is 3. The van der Waals surface area contributed by atoms with Gasteiger partial charge < -0.3 is 15.2 Å². The molecule has 1 saturated heterocycles. The Hall–Kier alpha value is -2.28. The molecule has 24 heavy (non-hydrogen) atoms. The Morgan fingerprint density at radius 1 is 1.29 bits per heavy atom. The molecule has 0 radical (unpaired) electrons. The van der Waals surface area contributed by atoms with Crippen LogP contribution in [0.2, 0.25) is 0 Å². The van der Waals surface area contributed by atoms with E-state index < -0.39 is 5.54 Å². The monoisotopic (exact) mass is 327 g/mol. The van der Waals surface area contributed by atoms with Crippen molar-refractivity contribution in [3.8, 4) is 0 Å². The number of nitrogens with two attached hydrogens (primary N) is 1. The van der Waals surface area contributed by atoms with Crippen LogP contribution in [0.15, 0.2) is 29.0 Å². The second kappa shape index (κ2) is 5.98. The van der Waals surface area contributed by atoms with Crippen LogP contribution in [-0.2, 0) is 5.54 Å². The zero-order chi connectivity index (χ0) is 16.6. The number of carbonyl (C=O) groups excluding carboxylic acids is 1. The topological polar surface area (TPSA) is 98.1 Å². The van der Waals surface area contributed by atoms with Crippen LogP contribution in [0.3, 0.4) is 0 Å². The van der Waals surface area contributed by atoms with E-state index >= 15 is 0 Å². The summed E-state index contributed by atoms with van der Waals surface area (Å²) in [6.45, 7) is 1.35. The Kier molecular flexibility index (Phi) is 3.80. The van der Waals surface area contributed by atoms with Gasteiger partial charge in [-0.05, 0) is 44.2 Å². The Morgan fingerprint density at radius 3 is 2.79 bits per heavy atom. The van der Waals surface area contributed by atoms with Crippen molar-refractivity contribution >= 4 is 5.91 Å². The number of nitrogens with zero attached hydrogens (tertiary/aromatic N) is 4. The van der Waals surface area contributed by atoms with Gasteiger partial charge in [-0.25, -0.2) is 0 Å². The van der Waals surface area contributed by atoms with E-state index in [1.807, 2.05) is 4.90 Å². The van der Waals surface area contributed by atoms with Crippen molar-refractivity contribution in [1.29, 1.82) is 0 Å². The standard InChI is InChI=1S/C17H21N5O2/c18-17(6-2-7-17)16-20-14(24-21-16)13-3-1-10-22(11-13)15(23)12-4-8-19-9-5-12/h4-5,8-9,13H,1-3,6-7,10-11,18H2. The smallest absolute Gasteiger partial charge is 0.253 e. The summed E-state index contributed by atoms with van der Waals surface area (Å²) in [6, 6.07) is 3.48. The summed E-state index contributed by atoms with van der Waals surface area (Å²) in [5.41, 5.74) is 6.51. The predicted molar refractivity (Wildman–Crippen MR) is 86.1 cm³/mol. The van der Waals surface area contributed by atoms with E-state index in [4.69, 9.17) is 10.3 Å². The quantitative estimate of drug-likeness (QED) is 0.923. The lowest BCUT2D eigenvalue weighted by Gasteiger charge is -2.34. The highest BCUT2D eigenvalue weighted by Crippen LogP contribution is 2.38. The van der Waals surface area contributed by atoms with E-state index in [-0.39, 0.29) is 11.8 Å². The molecule has 2 N–H and O–H groups in total. The van der Waals surface area contributed by atoms with Gasteiger partial charge in [0.2, 0.25) is 5.89 Å². The second-order valence-corrected chi connectivity index (χ2v) is 6.79. The molecule has 126 valence electrons. The molecule has 1 unspecified atom stereocenters. The highest BCUT2D eigenvalue weighted by molar-refractivity contribution is 5.94. The number of amides is 1. The number of pyridine rings is 1. The highest BCUT2D eigenvalue weighted by atomic mass is 16.5. The molecule has 2 aromatic rings. The minimum atomic E-state index is -0.414. The molecule has 1 aliphatic carbocycles. The van der Waals surface area contributed by atoms with E-state index in [1.54, 1.807) is 24.5 Å². The van der Waals surface area contributed by atoms with Crippen LogP contribution < -0.4 is 5.73 Å². The SMILES string of the molecule is NC1(c2noc(C3CCCN(C(=O)c4ccncc4)C3)n2)CCC1. The van der Waals surface area contributed by atoms with Gasteiger partial charge in [0.15, 0.2) is 5.82 Å². The number of aromatic nitrogens is 3. The maximum Gasteiger partial charge on any atom is 0.253 e. The zero-order valence-corrected chi connectivity index (χ0v) is 13.5. The lowest BCUT2D eigenvalue weighted by molar-refractivity contribution is 0.0695. The molecule has 1 aliphatic heterocycles. The van der Waals surface area contributed by atoms with Gasteiger partial charge in [0.05, 0.1) is 11.5 Å². The first-order valence-electron chi connectivity index (χ1n) is 8.48. The average molecular weight is 327 g/mol. The minimum absolute atomic E-state index is 0.0242. The first-order chi connectivity index (χ1) is 11.7. The molecular formula is C17H21N5O2. The largest absolute Gasteiger partial charge is 0.339 e. The van der Waals surface area contributed by atoms with E-state index in [0.717, 1.165) is 38.6 Å². The molecule has 2 aromatic heterocycles. The molecule has 0 aromatic carbocycles. The summed E-state index contributed by atoms with van der Waals surface area (Å²) in [5.74, 6) is 1.32. The molecule has 1 atom stereocenters. The molecule has 0 bridgehead atoms. The van der Waals surface area contributed by atoms with Crippen molar-refractivity contribution in [2.75, 3.05) is 13.1 Å². The fourth-order valence-electron chi connectivity index (χ4n) is 3.42. The average Bonchev–Trinajstić information content (AvgIpc) is 3.10. The van der Waals surface area contributed by atoms with Crippen molar-refractivity contribution in [2.45, 2.75) is 43.6 Å². The van der Waals surface area contributed by atoms with E-state index in [0.29, 0.717) is 23.8 Å². The van der Waals surface area contributed by atoms with Crippen LogP contribution in [0.25, 0.3) is 0 Å². The molecule has 7 heteroatoms.